The van der Waals surface area contributed by atoms with Gasteiger partial charge in [-0.25, -0.2) is 0 Å². The van der Waals surface area contributed by atoms with E-state index in [1.807, 2.05) is 6.08 Å². The van der Waals surface area contributed by atoms with Gasteiger partial charge in [-0.2, -0.15) is 11.8 Å². The first-order valence-corrected chi connectivity index (χ1v) is 14.3. The predicted molar refractivity (Wildman–Crippen MR) is 151 cm³/mol. The van der Waals surface area contributed by atoms with Crippen molar-refractivity contribution in [1.82, 2.24) is 0 Å². The Morgan fingerprint density at radius 3 is 2.59 bits per heavy atom. The number of aryl methyl sites for hydroxylation is 1. The van der Waals surface area contributed by atoms with E-state index in [9.17, 15) is 0 Å². The molecule has 0 amide bonds. The maximum Gasteiger partial charge on any atom is 0.0864 e. The Labute approximate surface area is 210 Å². The third-order valence-electron chi connectivity index (χ3n) is 7.89. The first-order valence-electron chi connectivity index (χ1n) is 13.1. The van der Waals surface area contributed by atoms with E-state index in [-0.39, 0.29) is 0 Å². The zero-order valence-corrected chi connectivity index (χ0v) is 21.5. The Morgan fingerprint density at radius 2 is 1.88 bits per heavy atom. The second-order valence-electron chi connectivity index (χ2n) is 10.3. The summed E-state index contributed by atoms with van der Waals surface area (Å²) in [5, 5.41) is 0. The molecule has 2 aromatic carbocycles. The molecule has 1 unspecified atom stereocenters. The second-order valence-corrected chi connectivity index (χ2v) is 11.5. The fourth-order valence-corrected chi connectivity index (χ4v) is 7.04. The molecule has 180 valence electrons. The van der Waals surface area contributed by atoms with Crippen LogP contribution in [0.1, 0.15) is 49.3 Å². The third kappa shape index (κ3) is 5.07. The van der Waals surface area contributed by atoms with Gasteiger partial charge in [-0.05, 0) is 103 Å². The van der Waals surface area contributed by atoms with E-state index in [0.717, 1.165) is 49.0 Å². The zero-order valence-electron chi connectivity index (χ0n) is 20.7. The van der Waals surface area contributed by atoms with Crippen molar-refractivity contribution in [2.45, 2.75) is 51.5 Å². The topological polar surface area (TPSA) is 18.8 Å². The van der Waals surface area contributed by atoms with Crippen LogP contribution in [-0.4, -0.2) is 43.9 Å². The maximum absolute atomic E-state index is 4.54. The van der Waals surface area contributed by atoms with Gasteiger partial charge < -0.3 is 9.80 Å². The molecule has 0 bridgehead atoms. The van der Waals surface area contributed by atoms with Crippen molar-refractivity contribution >= 4 is 41.6 Å². The summed E-state index contributed by atoms with van der Waals surface area (Å²) in [6.07, 6.45) is 9.49. The van der Waals surface area contributed by atoms with Crippen molar-refractivity contribution in [1.29, 1.82) is 0 Å². The maximum atomic E-state index is 4.54. The van der Waals surface area contributed by atoms with E-state index in [2.05, 4.69) is 83.2 Å². The number of aliphatic imine (C=N–C) groups is 1. The van der Waals surface area contributed by atoms with Crippen LogP contribution >= 0.6 is 11.8 Å². The molecule has 4 heteroatoms. The minimum atomic E-state index is 0.511. The predicted octanol–water partition coefficient (Wildman–Crippen LogP) is 7.02. The van der Waals surface area contributed by atoms with Crippen LogP contribution in [0, 0.1) is 11.8 Å². The molecule has 2 heterocycles. The zero-order chi connectivity index (χ0) is 23.5. The lowest BCUT2D eigenvalue weighted by Gasteiger charge is -2.38. The smallest absolute Gasteiger partial charge is 0.0864 e. The average Bonchev–Trinajstić information content (AvgIpc) is 3.64. The van der Waals surface area contributed by atoms with Crippen molar-refractivity contribution in [2.75, 3.05) is 40.9 Å². The van der Waals surface area contributed by atoms with Gasteiger partial charge in [-0.3, -0.25) is 4.99 Å². The van der Waals surface area contributed by atoms with E-state index in [1.54, 1.807) is 0 Å². The summed E-state index contributed by atoms with van der Waals surface area (Å²) in [4.78, 5) is 9.97. The number of nitrogens with zero attached hydrogens (tertiary/aromatic N) is 3. The number of para-hydroxylation sites is 1. The van der Waals surface area contributed by atoms with Gasteiger partial charge in [-0.1, -0.05) is 37.8 Å². The molecule has 5 rings (SSSR count). The molecule has 0 spiro atoms. The lowest BCUT2D eigenvalue weighted by Crippen LogP contribution is -2.45. The summed E-state index contributed by atoms with van der Waals surface area (Å²) >= 11 is 2.11. The summed E-state index contributed by atoms with van der Waals surface area (Å²) in [5.74, 6) is 4.22. The Balaban J connectivity index is 1.49. The normalized spacial score (nSPS) is 20.3. The summed E-state index contributed by atoms with van der Waals surface area (Å²) < 4.78 is 0. The van der Waals surface area contributed by atoms with E-state index < -0.39 is 0 Å². The quantitative estimate of drug-likeness (QED) is 0.346. The number of hydrogen-bond acceptors (Lipinski definition) is 4. The molecule has 1 aliphatic carbocycles. The van der Waals surface area contributed by atoms with Crippen molar-refractivity contribution < 1.29 is 0 Å². The summed E-state index contributed by atoms with van der Waals surface area (Å²) in [7, 11) is 0. The highest BCUT2D eigenvalue weighted by atomic mass is 32.2. The number of fused-ring (bicyclic) bond motifs is 1. The first kappa shape index (κ1) is 23.5. The second kappa shape index (κ2) is 10.6. The van der Waals surface area contributed by atoms with Crippen molar-refractivity contribution in [3.8, 4) is 0 Å². The molecule has 0 N–H and O–H groups in total. The van der Waals surface area contributed by atoms with E-state index >= 15 is 0 Å². The van der Waals surface area contributed by atoms with Crippen LogP contribution in [0.3, 0.4) is 0 Å². The summed E-state index contributed by atoms with van der Waals surface area (Å²) in [5.41, 5.74) is 7.82. The van der Waals surface area contributed by atoms with Gasteiger partial charge in [0.2, 0.25) is 0 Å². The molecule has 1 atom stereocenters. The van der Waals surface area contributed by atoms with E-state index in [4.69, 9.17) is 0 Å². The van der Waals surface area contributed by atoms with Gasteiger partial charge >= 0.3 is 0 Å². The van der Waals surface area contributed by atoms with Crippen LogP contribution in [-0.2, 0) is 12.8 Å². The molecule has 1 saturated heterocycles. The van der Waals surface area contributed by atoms with Crippen LogP contribution in [0.5, 0.6) is 0 Å². The number of anilines is 2. The molecule has 0 aromatic heterocycles. The van der Waals surface area contributed by atoms with Gasteiger partial charge in [0, 0.05) is 25.3 Å². The van der Waals surface area contributed by atoms with Crippen molar-refractivity contribution in [3.05, 3.63) is 59.7 Å². The Bertz CT molecular complexity index is 1020. The molecule has 2 fully saturated rings. The standard InChI is InChI=1S/C30H39N3S/c1-4-22-16-25(5-2)30(28(17-22)31-3)32(19-24-12-14-34-15-13-24)21-27-18-26-8-6-7-9-29(26)33(27)20-23-10-11-23/h4,6-9,16-17,23-24,27H,1,3,5,10-15,18-21H2,2H3. The third-order valence-corrected chi connectivity index (χ3v) is 8.94. The van der Waals surface area contributed by atoms with Crippen LogP contribution in [0.15, 0.2) is 48.0 Å². The Morgan fingerprint density at radius 1 is 1.09 bits per heavy atom. The first-order chi connectivity index (χ1) is 16.7. The molecular formula is C30H39N3S. The lowest BCUT2D eigenvalue weighted by molar-refractivity contribution is 0.466. The van der Waals surface area contributed by atoms with E-state index in [1.165, 1.54) is 66.2 Å². The number of thioether (sulfide) groups is 1. The van der Waals surface area contributed by atoms with Crippen LogP contribution < -0.4 is 9.80 Å². The monoisotopic (exact) mass is 473 g/mol. The molecule has 3 nitrogen and oxygen atoms in total. The van der Waals surface area contributed by atoms with Crippen LogP contribution in [0.4, 0.5) is 17.1 Å². The number of hydrogen-bond donors (Lipinski definition) is 0. The molecule has 1 saturated carbocycles. The molecule has 0 radical (unpaired) electrons. The van der Waals surface area contributed by atoms with Crippen molar-refractivity contribution in [3.63, 3.8) is 0 Å². The summed E-state index contributed by atoms with van der Waals surface area (Å²) in [6.45, 7) is 13.6. The fourth-order valence-electron chi connectivity index (χ4n) is 5.84. The number of rotatable bonds is 10. The minimum absolute atomic E-state index is 0.511. The summed E-state index contributed by atoms with van der Waals surface area (Å²) in [6, 6.07) is 14.1. The lowest BCUT2D eigenvalue weighted by atomic mass is 9.98. The number of benzene rings is 2. The Hall–Kier alpha value is -2.20. The SMILES string of the molecule is C=Cc1cc(CC)c(N(CC2CCSCC2)CC2Cc3ccccc3N2CC2CC2)c(N=C)c1. The van der Waals surface area contributed by atoms with Crippen LogP contribution in [0.25, 0.3) is 6.08 Å². The highest BCUT2D eigenvalue weighted by Crippen LogP contribution is 2.41. The minimum Gasteiger partial charge on any atom is -0.367 e. The van der Waals surface area contributed by atoms with Gasteiger partial charge in [-0.15, -0.1) is 0 Å². The van der Waals surface area contributed by atoms with Gasteiger partial charge in [0.25, 0.3) is 0 Å². The van der Waals surface area contributed by atoms with Crippen molar-refractivity contribution in [2.24, 2.45) is 16.8 Å². The van der Waals surface area contributed by atoms with Gasteiger partial charge in [0.15, 0.2) is 0 Å². The highest BCUT2D eigenvalue weighted by Gasteiger charge is 2.35. The van der Waals surface area contributed by atoms with Crippen LogP contribution in [0.2, 0.25) is 0 Å². The average molecular weight is 474 g/mol. The highest BCUT2D eigenvalue weighted by molar-refractivity contribution is 7.99. The fraction of sp³-hybridized carbons (Fsp3) is 0.500. The largest absolute Gasteiger partial charge is 0.367 e. The molecular weight excluding hydrogens is 434 g/mol. The molecule has 2 aliphatic heterocycles. The molecule has 2 aromatic rings. The van der Waals surface area contributed by atoms with E-state index in [0.29, 0.717) is 6.04 Å². The molecule has 3 aliphatic rings. The molecule has 34 heavy (non-hydrogen) atoms. The van der Waals surface area contributed by atoms with Gasteiger partial charge in [0.05, 0.1) is 17.4 Å². The van der Waals surface area contributed by atoms with Gasteiger partial charge in [0.1, 0.15) is 0 Å². The Kier molecular flexibility index (Phi) is 7.34.